The quantitative estimate of drug-likeness (QED) is 0.779. The lowest BCUT2D eigenvalue weighted by molar-refractivity contribution is -0.142. The van der Waals surface area contributed by atoms with Gasteiger partial charge in [0, 0.05) is 18.1 Å². The number of thioether (sulfide) groups is 1. The minimum absolute atomic E-state index is 0.000938. The van der Waals surface area contributed by atoms with Crippen molar-refractivity contribution < 1.29 is 14.7 Å². The molecule has 1 saturated heterocycles. The van der Waals surface area contributed by atoms with Crippen LogP contribution in [0.15, 0.2) is 0 Å². The molecule has 0 saturated carbocycles. The van der Waals surface area contributed by atoms with Crippen LogP contribution in [-0.2, 0) is 9.59 Å². The predicted molar refractivity (Wildman–Crippen MR) is 72.6 cm³/mol. The number of carbonyl (C=O) groups excluding carboxylic acids is 1. The highest BCUT2D eigenvalue weighted by molar-refractivity contribution is 7.99. The average Bonchev–Trinajstić information content (AvgIpc) is 2.28. The van der Waals surface area contributed by atoms with E-state index in [1.807, 2.05) is 6.92 Å². The van der Waals surface area contributed by atoms with Gasteiger partial charge in [0.25, 0.3) is 0 Å². The highest BCUT2D eigenvalue weighted by atomic mass is 32.2. The second-order valence-corrected chi connectivity index (χ2v) is 6.14. The van der Waals surface area contributed by atoms with Crippen LogP contribution >= 0.6 is 11.8 Å². The van der Waals surface area contributed by atoms with Crippen molar-refractivity contribution in [2.24, 2.45) is 5.73 Å². The number of amides is 1. The Kier molecular flexibility index (Phi) is 5.47. The van der Waals surface area contributed by atoms with Gasteiger partial charge in [0.1, 0.15) is 0 Å². The molecule has 1 aliphatic heterocycles. The third-order valence-corrected chi connectivity index (χ3v) is 4.25. The van der Waals surface area contributed by atoms with Crippen molar-refractivity contribution in [2.75, 3.05) is 18.1 Å². The fraction of sp³-hybridized carbons (Fsp3) is 0.833. The molecule has 2 unspecified atom stereocenters. The first kappa shape index (κ1) is 15.3. The van der Waals surface area contributed by atoms with Crippen LogP contribution in [-0.4, -0.2) is 51.5 Å². The first-order valence-electron chi connectivity index (χ1n) is 6.28. The third kappa shape index (κ3) is 3.88. The van der Waals surface area contributed by atoms with E-state index in [0.717, 1.165) is 12.2 Å². The lowest BCUT2D eigenvalue weighted by Crippen LogP contribution is -2.58. The van der Waals surface area contributed by atoms with Gasteiger partial charge in [-0.3, -0.25) is 9.59 Å². The maximum Gasteiger partial charge on any atom is 0.305 e. The molecule has 1 amide bonds. The second kappa shape index (κ2) is 6.43. The number of nitrogens with zero attached hydrogens (tertiary/aromatic N) is 1. The van der Waals surface area contributed by atoms with Crippen molar-refractivity contribution >= 4 is 23.6 Å². The predicted octanol–water partition coefficient (Wildman–Crippen LogP) is 0.923. The van der Waals surface area contributed by atoms with Gasteiger partial charge in [-0.2, -0.15) is 11.8 Å². The number of nitrogens with two attached hydrogens (primary N) is 1. The van der Waals surface area contributed by atoms with Crippen LogP contribution in [0.3, 0.4) is 0 Å². The molecule has 0 aromatic carbocycles. The molecule has 1 rings (SSSR count). The van der Waals surface area contributed by atoms with Gasteiger partial charge in [-0.15, -0.1) is 0 Å². The minimum Gasteiger partial charge on any atom is -0.481 e. The molecule has 18 heavy (non-hydrogen) atoms. The first-order chi connectivity index (χ1) is 8.38. The Bertz CT molecular complexity index is 320. The van der Waals surface area contributed by atoms with Gasteiger partial charge in [-0.05, 0) is 13.3 Å². The molecular formula is C12H22N2O3S. The van der Waals surface area contributed by atoms with Crippen LogP contribution in [0.2, 0.25) is 0 Å². The van der Waals surface area contributed by atoms with Crippen LogP contribution < -0.4 is 5.73 Å². The molecule has 0 spiro atoms. The fourth-order valence-electron chi connectivity index (χ4n) is 2.25. The normalized spacial score (nSPS) is 23.5. The number of aliphatic carboxylic acids is 1. The third-order valence-electron chi connectivity index (χ3n) is 3.16. The summed E-state index contributed by atoms with van der Waals surface area (Å²) in [6.07, 6.45) is 1.46. The van der Waals surface area contributed by atoms with Crippen molar-refractivity contribution in [3.05, 3.63) is 0 Å². The lowest BCUT2D eigenvalue weighted by atomic mass is 9.94. The molecule has 104 valence electrons. The van der Waals surface area contributed by atoms with Gasteiger partial charge in [0.15, 0.2) is 0 Å². The molecule has 0 aromatic heterocycles. The Morgan fingerprint density at radius 3 is 2.78 bits per heavy atom. The maximum absolute atomic E-state index is 12.4. The van der Waals surface area contributed by atoms with E-state index in [1.54, 1.807) is 23.6 Å². The number of carbonyl (C=O) groups is 2. The topological polar surface area (TPSA) is 83.6 Å². The molecule has 5 nitrogen and oxygen atoms in total. The summed E-state index contributed by atoms with van der Waals surface area (Å²) in [5, 5.41) is 8.89. The van der Waals surface area contributed by atoms with E-state index in [0.29, 0.717) is 18.7 Å². The summed E-state index contributed by atoms with van der Waals surface area (Å²) >= 11 is 1.69. The summed E-state index contributed by atoms with van der Waals surface area (Å²) in [5.41, 5.74) is 5.17. The van der Waals surface area contributed by atoms with E-state index >= 15 is 0 Å². The standard InChI is InChI=1S/C12H22N2O3S/c1-3-4-12(2,13)11(17)14-5-6-18-8-9(14)7-10(15)16/h9H,3-8,13H2,1-2H3,(H,15,16). The zero-order valence-corrected chi connectivity index (χ0v) is 11.8. The van der Waals surface area contributed by atoms with Gasteiger partial charge in [0.2, 0.25) is 5.91 Å². The molecule has 1 fully saturated rings. The van der Waals surface area contributed by atoms with Crippen molar-refractivity contribution in [3.63, 3.8) is 0 Å². The number of carboxylic acids is 1. The highest BCUT2D eigenvalue weighted by Gasteiger charge is 2.37. The number of hydrogen-bond donors (Lipinski definition) is 2. The van der Waals surface area contributed by atoms with E-state index in [9.17, 15) is 9.59 Å². The van der Waals surface area contributed by atoms with Gasteiger partial charge >= 0.3 is 5.97 Å². The molecule has 1 aliphatic rings. The van der Waals surface area contributed by atoms with Crippen LogP contribution in [0.4, 0.5) is 0 Å². The minimum atomic E-state index is -0.881. The van der Waals surface area contributed by atoms with E-state index < -0.39 is 11.5 Å². The molecule has 1 heterocycles. The van der Waals surface area contributed by atoms with Crippen LogP contribution in [0.1, 0.15) is 33.1 Å². The molecule has 6 heteroatoms. The summed E-state index contributed by atoms with van der Waals surface area (Å²) in [6, 6.07) is -0.228. The van der Waals surface area contributed by atoms with Crippen LogP contribution in [0.5, 0.6) is 0 Å². The van der Waals surface area contributed by atoms with Crippen LogP contribution in [0, 0.1) is 0 Å². The molecule has 0 bridgehead atoms. The fourth-order valence-corrected chi connectivity index (χ4v) is 3.31. The highest BCUT2D eigenvalue weighted by Crippen LogP contribution is 2.23. The number of rotatable bonds is 5. The molecule has 0 aromatic rings. The van der Waals surface area contributed by atoms with Gasteiger partial charge in [-0.25, -0.2) is 0 Å². The Balaban J connectivity index is 2.76. The largest absolute Gasteiger partial charge is 0.481 e. The lowest BCUT2D eigenvalue weighted by Gasteiger charge is -2.39. The van der Waals surface area contributed by atoms with E-state index in [2.05, 4.69) is 0 Å². The van der Waals surface area contributed by atoms with Crippen molar-refractivity contribution in [2.45, 2.75) is 44.7 Å². The van der Waals surface area contributed by atoms with Crippen molar-refractivity contribution in [1.29, 1.82) is 0 Å². The maximum atomic E-state index is 12.4. The van der Waals surface area contributed by atoms with Gasteiger partial charge < -0.3 is 15.7 Å². The smallest absolute Gasteiger partial charge is 0.305 e. The summed E-state index contributed by atoms with van der Waals surface area (Å²) in [4.78, 5) is 24.9. The second-order valence-electron chi connectivity index (χ2n) is 4.99. The molecule has 3 N–H and O–H groups in total. The zero-order chi connectivity index (χ0) is 13.8. The van der Waals surface area contributed by atoms with Crippen molar-refractivity contribution in [3.8, 4) is 0 Å². The van der Waals surface area contributed by atoms with Crippen LogP contribution in [0.25, 0.3) is 0 Å². The number of hydrogen-bond acceptors (Lipinski definition) is 4. The van der Waals surface area contributed by atoms with E-state index in [-0.39, 0.29) is 18.4 Å². The summed E-state index contributed by atoms with van der Waals surface area (Å²) < 4.78 is 0. The van der Waals surface area contributed by atoms with Gasteiger partial charge in [-0.1, -0.05) is 13.3 Å². The molecule has 0 radical (unpaired) electrons. The Morgan fingerprint density at radius 2 is 2.22 bits per heavy atom. The summed E-state index contributed by atoms with van der Waals surface area (Å²) in [6.45, 7) is 4.32. The summed E-state index contributed by atoms with van der Waals surface area (Å²) in [7, 11) is 0. The van der Waals surface area contributed by atoms with Crippen molar-refractivity contribution in [1.82, 2.24) is 4.90 Å². The van der Waals surface area contributed by atoms with Gasteiger partial charge in [0.05, 0.1) is 18.0 Å². The SMILES string of the molecule is CCCC(C)(N)C(=O)N1CCSCC1CC(=O)O. The molecule has 0 aliphatic carbocycles. The zero-order valence-electron chi connectivity index (χ0n) is 11.0. The van der Waals surface area contributed by atoms with E-state index in [4.69, 9.17) is 10.8 Å². The summed E-state index contributed by atoms with van der Waals surface area (Å²) in [5.74, 6) is 0.551. The Labute approximate surface area is 112 Å². The molecule has 2 atom stereocenters. The average molecular weight is 274 g/mol. The Hall–Kier alpha value is -0.750. The number of carboxylic acid groups (broad SMARTS) is 1. The Morgan fingerprint density at radius 1 is 1.56 bits per heavy atom. The monoisotopic (exact) mass is 274 g/mol. The molecular weight excluding hydrogens is 252 g/mol. The van der Waals surface area contributed by atoms with E-state index in [1.165, 1.54) is 0 Å². The first-order valence-corrected chi connectivity index (χ1v) is 7.43.